The number of imidazole rings is 1. The van der Waals surface area contributed by atoms with Gasteiger partial charge in [0.25, 0.3) is 5.91 Å². The number of nitrogens with one attached hydrogen (secondary N) is 2. The van der Waals surface area contributed by atoms with Crippen LogP contribution in [0.2, 0.25) is 0 Å². The number of para-hydroxylation sites is 1. The minimum atomic E-state index is -4.79. The number of halogens is 3. The Morgan fingerprint density at radius 2 is 1.81 bits per heavy atom. The van der Waals surface area contributed by atoms with E-state index in [2.05, 4.69) is 20.7 Å². The van der Waals surface area contributed by atoms with Crippen LogP contribution in [0.1, 0.15) is 21.9 Å². The van der Waals surface area contributed by atoms with E-state index >= 15 is 0 Å². The summed E-state index contributed by atoms with van der Waals surface area (Å²) in [5.74, 6) is -0.149. The number of carbonyl (C=O) groups is 2. The minimum Gasteiger partial charge on any atom is -0.350 e. The summed E-state index contributed by atoms with van der Waals surface area (Å²) in [4.78, 5) is 30.5. The first-order chi connectivity index (χ1) is 15.3. The second kappa shape index (κ2) is 8.73. The molecule has 0 unspecified atom stereocenters. The van der Waals surface area contributed by atoms with Crippen molar-refractivity contribution in [2.24, 2.45) is 0 Å². The number of urea groups is 1. The van der Waals surface area contributed by atoms with Gasteiger partial charge in [-0.3, -0.25) is 4.79 Å². The third-order valence-corrected chi connectivity index (χ3v) is 4.97. The van der Waals surface area contributed by atoms with Crippen molar-refractivity contribution in [3.05, 3.63) is 66.0 Å². The molecule has 2 N–H and O–H groups in total. The van der Waals surface area contributed by atoms with Crippen molar-refractivity contribution in [2.75, 3.05) is 19.6 Å². The van der Waals surface area contributed by atoms with Gasteiger partial charge in [0.1, 0.15) is 5.82 Å². The lowest BCUT2D eigenvalue weighted by Crippen LogP contribution is -2.46. The molecule has 0 fully saturated rings. The van der Waals surface area contributed by atoms with Gasteiger partial charge in [-0.2, -0.15) is 18.3 Å². The van der Waals surface area contributed by atoms with Gasteiger partial charge >= 0.3 is 12.2 Å². The molecule has 2 aromatic heterocycles. The lowest BCUT2D eigenvalue weighted by molar-refractivity contribution is -0.141. The first-order valence-corrected chi connectivity index (χ1v) is 9.86. The normalized spacial score (nSPS) is 13.5. The summed E-state index contributed by atoms with van der Waals surface area (Å²) in [6.07, 6.45) is -0.237. The summed E-state index contributed by atoms with van der Waals surface area (Å²) in [6, 6.07) is 7.86. The Balaban J connectivity index is 1.34. The van der Waals surface area contributed by atoms with E-state index in [1.807, 2.05) is 10.8 Å². The number of amides is 3. The van der Waals surface area contributed by atoms with Crippen molar-refractivity contribution in [1.82, 2.24) is 34.9 Å². The van der Waals surface area contributed by atoms with E-state index in [-0.39, 0.29) is 19.1 Å². The summed E-state index contributed by atoms with van der Waals surface area (Å²) >= 11 is 0. The highest BCUT2D eigenvalue weighted by molar-refractivity contribution is 5.95. The molecule has 0 aliphatic carbocycles. The number of aromatic nitrogens is 4. The van der Waals surface area contributed by atoms with Gasteiger partial charge in [-0.1, -0.05) is 18.2 Å². The van der Waals surface area contributed by atoms with E-state index in [0.29, 0.717) is 25.3 Å². The zero-order valence-corrected chi connectivity index (χ0v) is 16.8. The van der Waals surface area contributed by atoms with E-state index in [1.165, 1.54) is 0 Å². The lowest BCUT2D eigenvalue weighted by Gasteiger charge is -2.27. The van der Waals surface area contributed by atoms with Gasteiger partial charge in [0.2, 0.25) is 0 Å². The number of carbonyl (C=O) groups excluding carboxylic acids is 2. The zero-order chi connectivity index (χ0) is 22.7. The molecule has 0 spiro atoms. The van der Waals surface area contributed by atoms with Crippen LogP contribution in [0, 0.1) is 0 Å². The molecule has 0 saturated heterocycles. The maximum absolute atomic E-state index is 13.4. The van der Waals surface area contributed by atoms with Crippen LogP contribution in [-0.4, -0.2) is 55.8 Å². The average Bonchev–Trinajstić information content (AvgIpc) is 3.43. The van der Waals surface area contributed by atoms with Crippen LogP contribution in [0.25, 0.3) is 5.69 Å². The molecule has 9 nitrogen and oxygen atoms in total. The van der Waals surface area contributed by atoms with E-state index in [9.17, 15) is 22.8 Å². The number of rotatable bonds is 5. The Morgan fingerprint density at radius 3 is 2.56 bits per heavy atom. The Morgan fingerprint density at radius 1 is 1.06 bits per heavy atom. The van der Waals surface area contributed by atoms with E-state index in [0.717, 1.165) is 16.7 Å². The van der Waals surface area contributed by atoms with Crippen molar-refractivity contribution in [3.63, 3.8) is 0 Å². The molecule has 3 amide bonds. The van der Waals surface area contributed by atoms with Crippen molar-refractivity contribution < 1.29 is 22.8 Å². The predicted molar refractivity (Wildman–Crippen MR) is 107 cm³/mol. The number of fused-ring (bicyclic) bond motifs is 1. The smallest absolute Gasteiger partial charge is 0.350 e. The maximum atomic E-state index is 13.4. The largest absolute Gasteiger partial charge is 0.435 e. The van der Waals surface area contributed by atoms with Crippen LogP contribution in [0.5, 0.6) is 0 Å². The third-order valence-electron chi connectivity index (χ3n) is 4.97. The van der Waals surface area contributed by atoms with Gasteiger partial charge in [0, 0.05) is 44.8 Å². The van der Waals surface area contributed by atoms with Gasteiger partial charge < -0.3 is 20.1 Å². The number of hydrogen-bond donors (Lipinski definition) is 2. The summed E-state index contributed by atoms with van der Waals surface area (Å²) < 4.78 is 43.2. The maximum Gasteiger partial charge on any atom is 0.435 e. The fourth-order valence-corrected chi connectivity index (χ4v) is 3.36. The summed E-state index contributed by atoms with van der Waals surface area (Å²) in [6.45, 7) is 1.52. The van der Waals surface area contributed by atoms with Gasteiger partial charge in [-0.15, -0.1) is 0 Å². The zero-order valence-electron chi connectivity index (χ0n) is 16.8. The van der Waals surface area contributed by atoms with Crippen LogP contribution in [0.15, 0.2) is 48.9 Å². The van der Waals surface area contributed by atoms with Gasteiger partial charge in [-0.05, 0) is 12.1 Å². The molecule has 32 heavy (non-hydrogen) atoms. The molecule has 0 saturated carbocycles. The monoisotopic (exact) mass is 447 g/mol. The SMILES string of the molecule is O=C(NCCNC(=O)N1CCn2ccnc2C1)c1cn(-c2ccccc2)nc1C(F)(F)F. The van der Waals surface area contributed by atoms with Crippen LogP contribution in [0.3, 0.4) is 0 Å². The lowest BCUT2D eigenvalue weighted by atomic mass is 10.2. The van der Waals surface area contributed by atoms with E-state index in [4.69, 9.17) is 0 Å². The minimum absolute atomic E-state index is 0.0408. The summed E-state index contributed by atoms with van der Waals surface area (Å²) in [5, 5.41) is 8.61. The Hall–Kier alpha value is -3.83. The molecule has 1 aliphatic heterocycles. The molecule has 168 valence electrons. The highest BCUT2D eigenvalue weighted by atomic mass is 19.4. The quantitative estimate of drug-likeness (QED) is 0.585. The Kier molecular flexibility index (Phi) is 5.84. The van der Waals surface area contributed by atoms with Crippen LogP contribution in [0.4, 0.5) is 18.0 Å². The predicted octanol–water partition coefficient (Wildman–Crippen LogP) is 2.04. The van der Waals surface area contributed by atoms with Crippen LogP contribution < -0.4 is 10.6 Å². The van der Waals surface area contributed by atoms with Crippen LogP contribution in [-0.2, 0) is 19.3 Å². The standard InChI is InChI=1S/C20H20F3N7O2/c21-20(22,23)17-15(12-30(27-17)14-4-2-1-3-5-14)18(31)25-6-7-26-19(32)29-11-10-28-9-8-24-16(28)13-29/h1-5,8-9,12H,6-7,10-11,13H2,(H,25,31)(H,26,32). The van der Waals surface area contributed by atoms with Crippen molar-refractivity contribution >= 4 is 11.9 Å². The number of hydrogen-bond acceptors (Lipinski definition) is 4. The molecular weight excluding hydrogens is 427 g/mol. The second-order valence-electron chi connectivity index (χ2n) is 7.12. The molecule has 0 radical (unpaired) electrons. The van der Waals surface area contributed by atoms with Gasteiger partial charge in [0.15, 0.2) is 5.69 Å². The number of nitrogens with zero attached hydrogens (tertiary/aromatic N) is 5. The summed E-state index contributed by atoms with van der Waals surface area (Å²) in [5.41, 5.74) is -1.46. The fraction of sp³-hybridized carbons (Fsp3) is 0.300. The highest BCUT2D eigenvalue weighted by Crippen LogP contribution is 2.31. The molecule has 1 aliphatic rings. The molecule has 3 aromatic rings. The highest BCUT2D eigenvalue weighted by Gasteiger charge is 2.39. The van der Waals surface area contributed by atoms with Crippen molar-refractivity contribution in [1.29, 1.82) is 0 Å². The topological polar surface area (TPSA) is 97.1 Å². The third kappa shape index (κ3) is 4.58. The Bertz CT molecular complexity index is 1110. The first kappa shape index (κ1) is 21.4. The second-order valence-corrected chi connectivity index (χ2v) is 7.12. The van der Waals surface area contributed by atoms with Gasteiger partial charge in [-0.25, -0.2) is 14.5 Å². The number of alkyl halides is 3. The van der Waals surface area contributed by atoms with E-state index < -0.39 is 23.3 Å². The van der Waals surface area contributed by atoms with Crippen LogP contribution >= 0.6 is 0 Å². The molecule has 3 heterocycles. The Labute approximate surface area is 180 Å². The van der Waals surface area contributed by atoms with Crippen molar-refractivity contribution in [2.45, 2.75) is 19.3 Å². The van der Waals surface area contributed by atoms with E-state index in [1.54, 1.807) is 41.4 Å². The number of benzene rings is 1. The molecule has 4 rings (SSSR count). The molecular formula is C20H20F3N7O2. The molecule has 12 heteroatoms. The molecule has 0 bridgehead atoms. The fourth-order valence-electron chi connectivity index (χ4n) is 3.36. The van der Waals surface area contributed by atoms with Crippen molar-refractivity contribution in [3.8, 4) is 5.69 Å². The molecule has 1 aromatic carbocycles. The summed E-state index contributed by atoms with van der Waals surface area (Å²) in [7, 11) is 0. The average molecular weight is 447 g/mol. The molecule has 0 atom stereocenters. The first-order valence-electron chi connectivity index (χ1n) is 9.86. The van der Waals surface area contributed by atoms with Gasteiger partial charge in [0.05, 0.1) is 17.8 Å².